The van der Waals surface area contributed by atoms with Crippen LogP contribution in [0.2, 0.25) is 0 Å². The first-order chi connectivity index (χ1) is 7.65. The van der Waals surface area contributed by atoms with Gasteiger partial charge in [0.05, 0.1) is 5.75 Å². The normalized spacial score (nSPS) is 16.7. The fraction of sp³-hybridized carbons (Fsp3) is 0.500. The fourth-order valence-electron chi connectivity index (χ4n) is 1.73. The number of sulfonamides is 1. The first-order valence-corrected chi connectivity index (χ1v) is 6.91. The molecule has 0 spiro atoms. The average molecular weight is 241 g/mol. The van der Waals surface area contributed by atoms with Crippen LogP contribution in [-0.2, 0) is 16.6 Å². The number of fused-ring (bicyclic) bond motifs is 1. The highest BCUT2D eigenvalue weighted by atomic mass is 32.2. The van der Waals surface area contributed by atoms with E-state index in [9.17, 15) is 8.42 Å². The molecule has 1 aromatic rings. The molecule has 1 aliphatic rings. The molecule has 0 bridgehead atoms. The van der Waals surface area contributed by atoms with E-state index in [4.69, 9.17) is 0 Å². The van der Waals surface area contributed by atoms with Crippen molar-refractivity contribution in [2.75, 3.05) is 23.1 Å². The summed E-state index contributed by atoms with van der Waals surface area (Å²) in [4.78, 5) is 4.18. The molecule has 0 atom stereocenters. The van der Waals surface area contributed by atoms with E-state index in [1.54, 1.807) is 13.1 Å². The number of nitrogens with zero attached hydrogens (tertiary/aromatic N) is 2. The molecule has 0 saturated heterocycles. The van der Waals surface area contributed by atoms with Crippen LogP contribution < -0.4 is 9.62 Å². The highest BCUT2D eigenvalue weighted by Crippen LogP contribution is 2.21. The van der Waals surface area contributed by atoms with Crippen LogP contribution in [0.3, 0.4) is 0 Å². The Morgan fingerprint density at radius 3 is 3.12 bits per heavy atom. The van der Waals surface area contributed by atoms with E-state index in [2.05, 4.69) is 10.3 Å². The second-order valence-corrected chi connectivity index (χ2v) is 5.82. The topological polar surface area (TPSA) is 62.3 Å². The molecule has 0 saturated carbocycles. The van der Waals surface area contributed by atoms with Crippen LogP contribution >= 0.6 is 0 Å². The summed E-state index contributed by atoms with van der Waals surface area (Å²) in [5.74, 6) is 0.664. The van der Waals surface area contributed by atoms with E-state index >= 15 is 0 Å². The van der Waals surface area contributed by atoms with Crippen molar-refractivity contribution in [3.05, 3.63) is 23.9 Å². The van der Waals surface area contributed by atoms with Gasteiger partial charge >= 0.3 is 0 Å². The van der Waals surface area contributed by atoms with Gasteiger partial charge < -0.3 is 5.32 Å². The van der Waals surface area contributed by atoms with Gasteiger partial charge in [-0.3, -0.25) is 4.31 Å². The molecule has 1 N–H and O–H groups in total. The third kappa shape index (κ3) is 2.03. The van der Waals surface area contributed by atoms with E-state index in [0.717, 1.165) is 5.56 Å². The number of nitrogens with one attached hydrogen (secondary N) is 1. The predicted molar refractivity (Wildman–Crippen MR) is 62.8 cm³/mol. The Morgan fingerprint density at radius 1 is 1.56 bits per heavy atom. The van der Waals surface area contributed by atoms with Gasteiger partial charge in [-0.15, -0.1) is 0 Å². The van der Waals surface area contributed by atoms with Crippen molar-refractivity contribution in [1.82, 2.24) is 10.3 Å². The molecule has 0 amide bonds. The Bertz CT molecular complexity index is 473. The zero-order chi connectivity index (χ0) is 11.6. The number of rotatable bonds is 2. The van der Waals surface area contributed by atoms with Crippen LogP contribution in [-0.4, -0.2) is 32.2 Å². The third-order valence-electron chi connectivity index (χ3n) is 2.61. The van der Waals surface area contributed by atoms with Crippen LogP contribution in [0.15, 0.2) is 18.3 Å². The van der Waals surface area contributed by atoms with Crippen LogP contribution in [0.1, 0.15) is 12.5 Å². The SMILES string of the molecule is CCS(=O)(=O)N1CCNCc2cccnc21. The van der Waals surface area contributed by atoms with Crippen molar-refractivity contribution < 1.29 is 8.42 Å². The molecule has 6 heteroatoms. The van der Waals surface area contributed by atoms with Crippen LogP contribution in [0.25, 0.3) is 0 Å². The molecule has 1 aromatic heterocycles. The van der Waals surface area contributed by atoms with Crippen molar-refractivity contribution >= 4 is 15.8 Å². The summed E-state index contributed by atoms with van der Waals surface area (Å²) in [5.41, 5.74) is 0.928. The number of aromatic nitrogens is 1. The van der Waals surface area contributed by atoms with Crippen LogP contribution in [0, 0.1) is 0 Å². The highest BCUT2D eigenvalue weighted by Gasteiger charge is 2.25. The largest absolute Gasteiger partial charge is 0.311 e. The molecule has 0 aliphatic carbocycles. The maximum atomic E-state index is 11.9. The summed E-state index contributed by atoms with van der Waals surface area (Å²) in [5, 5.41) is 3.18. The van der Waals surface area contributed by atoms with Gasteiger partial charge in [0.2, 0.25) is 10.0 Å². The molecular formula is C10H15N3O2S. The Kier molecular flexibility index (Phi) is 3.11. The van der Waals surface area contributed by atoms with Crippen molar-refractivity contribution in [2.45, 2.75) is 13.5 Å². The summed E-state index contributed by atoms with van der Waals surface area (Å²) in [6, 6.07) is 3.72. The standard InChI is InChI=1S/C10H15N3O2S/c1-2-16(14,15)13-7-6-11-8-9-4-3-5-12-10(9)13/h3-5,11H,2,6-8H2,1H3. The number of pyridine rings is 1. The van der Waals surface area contributed by atoms with Gasteiger partial charge in [0.15, 0.2) is 0 Å². The maximum Gasteiger partial charge on any atom is 0.236 e. The lowest BCUT2D eigenvalue weighted by Gasteiger charge is -2.21. The smallest absolute Gasteiger partial charge is 0.236 e. The lowest BCUT2D eigenvalue weighted by Crippen LogP contribution is -2.36. The third-order valence-corrected chi connectivity index (χ3v) is 4.37. The molecule has 5 nitrogen and oxygen atoms in total. The molecule has 0 aromatic carbocycles. The zero-order valence-electron chi connectivity index (χ0n) is 9.18. The zero-order valence-corrected chi connectivity index (χ0v) is 10.00. The molecule has 16 heavy (non-hydrogen) atoms. The van der Waals surface area contributed by atoms with Crippen LogP contribution in [0.4, 0.5) is 5.82 Å². The quantitative estimate of drug-likeness (QED) is 0.811. The van der Waals surface area contributed by atoms with E-state index in [0.29, 0.717) is 25.5 Å². The van der Waals surface area contributed by atoms with Gasteiger partial charge in [0.1, 0.15) is 5.82 Å². The molecule has 0 unspecified atom stereocenters. The van der Waals surface area contributed by atoms with Gasteiger partial charge in [0, 0.05) is 31.4 Å². The Morgan fingerprint density at radius 2 is 2.38 bits per heavy atom. The number of anilines is 1. The fourth-order valence-corrected chi connectivity index (χ4v) is 2.84. The van der Waals surface area contributed by atoms with Gasteiger partial charge in [-0.25, -0.2) is 13.4 Å². The second kappa shape index (κ2) is 4.39. The monoisotopic (exact) mass is 241 g/mol. The summed E-state index contributed by atoms with van der Waals surface area (Å²) >= 11 is 0. The van der Waals surface area contributed by atoms with Crippen molar-refractivity contribution in [3.63, 3.8) is 0 Å². The molecule has 2 rings (SSSR count). The second-order valence-electron chi connectivity index (χ2n) is 3.64. The predicted octanol–water partition coefficient (Wildman–Crippen LogP) is 0.341. The maximum absolute atomic E-state index is 11.9. The van der Waals surface area contributed by atoms with E-state index in [-0.39, 0.29) is 5.75 Å². The van der Waals surface area contributed by atoms with E-state index in [1.807, 2.05) is 12.1 Å². The Balaban J connectivity index is 2.48. The summed E-state index contributed by atoms with van der Waals surface area (Å²) in [6.45, 7) is 3.41. The van der Waals surface area contributed by atoms with Gasteiger partial charge in [-0.05, 0) is 13.0 Å². The molecule has 88 valence electrons. The number of hydrogen-bond donors (Lipinski definition) is 1. The highest BCUT2D eigenvalue weighted by molar-refractivity contribution is 7.92. The summed E-state index contributed by atoms with van der Waals surface area (Å²) < 4.78 is 25.3. The van der Waals surface area contributed by atoms with Gasteiger partial charge in [-0.1, -0.05) is 6.07 Å². The lowest BCUT2D eigenvalue weighted by molar-refractivity contribution is 0.590. The molecule has 2 heterocycles. The van der Waals surface area contributed by atoms with Crippen molar-refractivity contribution in [2.24, 2.45) is 0 Å². The summed E-state index contributed by atoms with van der Waals surface area (Å²) in [6.07, 6.45) is 1.63. The molecule has 0 radical (unpaired) electrons. The molecule has 1 aliphatic heterocycles. The lowest BCUT2D eigenvalue weighted by atomic mass is 10.2. The minimum Gasteiger partial charge on any atom is -0.311 e. The van der Waals surface area contributed by atoms with Gasteiger partial charge in [0.25, 0.3) is 0 Å². The average Bonchev–Trinajstić information content (AvgIpc) is 2.51. The van der Waals surface area contributed by atoms with E-state index in [1.165, 1.54) is 4.31 Å². The van der Waals surface area contributed by atoms with Gasteiger partial charge in [-0.2, -0.15) is 0 Å². The molecular weight excluding hydrogens is 226 g/mol. The van der Waals surface area contributed by atoms with Crippen LogP contribution in [0.5, 0.6) is 0 Å². The Hall–Kier alpha value is -1.14. The molecule has 0 fully saturated rings. The first-order valence-electron chi connectivity index (χ1n) is 5.30. The minimum absolute atomic E-state index is 0.100. The Labute approximate surface area is 95.5 Å². The minimum atomic E-state index is -3.23. The van der Waals surface area contributed by atoms with E-state index < -0.39 is 10.0 Å². The first kappa shape index (κ1) is 11.3. The number of hydrogen-bond acceptors (Lipinski definition) is 4. The van der Waals surface area contributed by atoms with Crippen molar-refractivity contribution in [3.8, 4) is 0 Å². The summed E-state index contributed by atoms with van der Waals surface area (Å²) in [7, 11) is -3.23. The van der Waals surface area contributed by atoms with Crippen molar-refractivity contribution in [1.29, 1.82) is 0 Å².